The highest BCUT2D eigenvalue weighted by Crippen LogP contribution is 2.33. The van der Waals surface area contributed by atoms with E-state index in [1.165, 1.54) is 6.07 Å². The quantitative estimate of drug-likeness (QED) is 0.778. The Morgan fingerprint density at radius 1 is 0.933 bits per heavy atom. The lowest BCUT2D eigenvalue weighted by Crippen LogP contribution is -2.51. The number of nitrogens with zero attached hydrogens (tertiary/aromatic N) is 2. The Morgan fingerprint density at radius 3 is 2.30 bits per heavy atom. The summed E-state index contributed by atoms with van der Waals surface area (Å²) in [7, 11) is 0. The molecular formula is C23H25FN2O4. The summed E-state index contributed by atoms with van der Waals surface area (Å²) >= 11 is 0. The molecule has 4 rings (SSSR count). The molecule has 2 aliphatic heterocycles. The van der Waals surface area contributed by atoms with Gasteiger partial charge in [-0.25, -0.2) is 4.39 Å². The maximum Gasteiger partial charge on any atom is 0.254 e. The summed E-state index contributed by atoms with van der Waals surface area (Å²) in [6, 6.07) is 10.1. The van der Waals surface area contributed by atoms with E-state index in [-0.39, 0.29) is 23.5 Å². The average Bonchev–Trinajstić information content (AvgIpc) is 2.79. The van der Waals surface area contributed by atoms with Gasteiger partial charge in [-0.3, -0.25) is 9.59 Å². The van der Waals surface area contributed by atoms with E-state index in [0.717, 1.165) is 5.56 Å². The second kappa shape index (κ2) is 8.34. The van der Waals surface area contributed by atoms with Gasteiger partial charge in [0.25, 0.3) is 5.91 Å². The summed E-state index contributed by atoms with van der Waals surface area (Å²) in [4.78, 5) is 29.1. The molecule has 2 heterocycles. The first kappa shape index (κ1) is 20.2. The summed E-state index contributed by atoms with van der Waals surface area (Å²) < 4.78 is 24.9. The summed E-state index contributed by atoms with van der Waals surface area (Å²) in [6.07, 6.45) is 0. The second-order valence-electron chi connectivity index (χ2n) is 7.71. The number of hydrogen-bond donors (Lipinski definition) is 0. The van der Waals surface area contributed by atoms with Gasteiger partial charge < -0.3 is 19.3 Å². The Balaban J connectivity index is 1.38. The molecule has 1 atom stereocenters. The molecule has 1 fully saturated rings. The Bertz CT molecular complexity index is 970. The van der Waals surface area contributed by atoms with Gasteiger partial charge in [0.1, 0.15) is 19.0 Å². The third-order valence-electron chi connectivity index (χ3n) is 5.73. The van der Waals surface area contributed by atoms with Gasteiger partial charge in [0, 0.05) is 31.7 Å². The summed E-state index contributed by atoms with van der Waals surface area (Å²) in [5.41, 5.74) is 1.72. The fraction of sp³-hybridized carbons (Fsp3) is 0.391. The van der Waals surface area contributed by atoms with Gasteiger partial charge in [-0.15, -0.1) is 0 Å². The zero-order valence-corrected chi connectivity index (χ0v) is 17.2. The molecular weight excluding hydrogens is 387 g/mol. The molecule has 0 saturated carbocycles. The minimum Gasteiger partial charge on any atom is -0.486 e. The molecule has 158 valence electrons. The Kier molecular flexibility index (Phi) is 5.61. The number of carbonyl (C=O) groups excluding carboxylic acids is 2. The van der Waals surface area contributed by atoms with Crippen LogP contribution in [0.2, 0.25) is 0 Å². The van der Waals surface area contributed by atoms with Gasteiger partial charge in [0.05, 0.1) is 5.92 Å². The molecule has 0 bridgehead atoms. The SMILES string of the molecule is Cc1ccc(C(=O)N2CCN(C(=O)C(C)c3ccc4c(c3)OCCO4)CC2)cc1F. The lowest BCUT2D eigenvalue weighted by atomic mass is 9.98. The van der Waals surface area contributed by atoms with E-state index in [2.05, 4.69) is 0 Å². The van der Waals surface area contributed by atoms with Crippen LogP contribution in [0.3, 0.4) is 0 Å². The highest BCUT2D eigenvalue weighted by molar-refractivity contribution is 5.94. The zero-order chi connectivity index (χ0) is 21.3. The van der Waals surface area contributed by atoms with Gasteiger partial charge in [0.2, 0.25) is 5.91 Å². The number of benzene rings is 2. The van der Waals surface area contributed by atoms with Gasteiger partial charge in [0.15, 0.2) is 11.5 Å². The molecule has 1 saturated heterocycles. The predicted molar refractivity (Wildman–Crippen MR) is 109 cm³/mol. The van der Waals surface area contributed by atoms with Gasteiger partial charge in [-0.1, -0.05) is 12.1 Å². The van der Waals surface area contributed by atoms with Crippen LogP contribution in [0.15, 0.2) is 36.4 Å². The Morgan fingerprint density at radius 2 is 1.60 bits per heavy atom. The van der Waals surface area contributed by atoms with Crippen molar-refractivity contribution in [3.8, 4) is 11.5 Å². The lowest BCUT2D eigenvalue weighted by Gasteiger charge is -2.36. The first-order valence-corrected chi connectivity index (χ1v) is 10.2. The summed E-state index contributed by atoms with van der Waals surface area (Å²) in [6.45, 7) is 6.32. The number of halogens is 1. The van der Waals surface area contributed by atoms with Crippen LogP contribution in [0.5, 0.6) is 11.5 Å². The van der Waals surface area contributed by atoms with E-state index in [1.807, 2.05) is 25.1 Å². The predicted octanol–water partition coefficient (Wildman–Crippen LogP) is 2.99. The first-order chi connectivity index (χ1) is 14.4. The fourth-order valence-electron chi connectivity index (χ4n) is 3.78. The molecule has 2 amide bonds. The number of ether oxygens (including phenoxy) is 2. The van der Waals surface area contributed by atoms with Crippen molar-refractivity contribution < 1.29 is 23.5 Å². The van der Waals surface area contributed by atoms with Crippen LogP contribution < -0.4 is 9.47 Å². The molecule has 6 nitrogen and oxygen atoms in total. The van der Waals surface area contributed by atoms with Crippen molar-refractivity contribution >= 4 is 11.8 Å². The highest BCUT2D eigenvalue weighted by atomic mass is 19.1. The monoisotopic (exact) mass is 412 g/mol. The molecule has 2 aromatic carbocycles. The van der Waals surface area contributed by atoms with Gasteiger partial charge in [-0.2, -0.15) is 0 Å². The van der Waals surface area contributed by atoms with E-state index in [9.17, 15) is 14.0 Å². The second-order valence-corrected chi connectivity index (χ2v) is 7.71. The maximum absolute atomic E-state index is 13.8. The van der Waals surface area contributed by atoms with Crippen molar-refractivity contribution in [3.63, 3.8) is 0 Å². The van der Waals surface area contributed by atoms with Crippen LogP contribution >= 0.6 is 0 Å². The number of fused-ring (bicyclic) bond motifs is 1. The molecule has 0 spiro atoms. The zero-order valence-electron chi connectivity index (χ0n) is 17.2. The lowest BCUT2D eigenvalue weighted by molar-refractivity contribution is -0.133. The van der Waals surface area contributed by atoms with Crippen LogP contribution in [0.4, 0.5) is 4.39 Å². The standard InChI is InChI=1S/C23H25FN2O4/c1-15-3-4-18(13-19(15)24)23(28)26-9-7-25(8-10-26)22(27)16(2)17-5-6-20-21(14-17)30-12-11-29-20/h3-6,13-14,16H,7-12H2,1-2H3. The third kappa shape index (κ3) is 3.97. The van der Waals surface area contributed by atoms with Crippen molar-refractivity contribution in [2.24, 2.45) is 0 Å². The molecule has 30 heavy (non-hydrogen) atoms. The van der Waals surface area contributed by atoms with Gasteiger partial charge in [-0.05, 0) is 49.2 Å². The topological polar surface area (TPSA) is 59.1 Å². The van der Waals surface area contributed by atoms with E-state index in [0.29, 0.717) is 62.0 Å². The number of amides is 2. The maximum atomic E-state index is 13.8. The molecule has 1 unspecified atom stereocenters. The smallest absolute Gasteiger partial charge is 0.254 e. The molecule has 0 aromatic heterocycles. The van der Waals surface area contributed by atoms with Crippen molar-refractivity contribution in [1.82, 2.24) is 9.80 Å². The Labute approximate surface area is 175 Å². The number of hydrogen-bond acceptors (Lipinski definition) is 4. The number of rotatable bonds is 3. The van der Waals surface area contributed by atoms with Crippen molar-refractivity contribution in [3.05, 3.63) is 58.9 Å². The van der Waals surface area contributed by atoms with Crippen LogP contribution in [0, 0.1) is 12.7 Å². The summed E-state index contributed by atoms with van der Waals surface area (Å²) in [5.74, 6) is 0.460. The van der Waals surface area contributed by atoms with Crippen molar-refractivity contribution in [2.45, 2.75) is 19.8 Å². The van der Waals surface area contributed by atoms with Crippen LogP contribution in [0.25, 0.3) is 0 Å². The van der Waals surface area contributed by atoms with Crippen LogP contribution in [-0.4, -0.2) is 61.0 Å². The Hall–Kier alpha value is -3.09. The highest BCUT2D eigenvalue weighted by Gasteiger charge is 2.29. The minimum atomic E-state index is -0.386. The summed E-state index contributed by atoms with van der Waals surface area (Å²) in [5, 5.41) is 0. The third-order valence-corrected chi connectivity index (χ3v) is 5.73. The van der Waals surface area contributed by atoms with Gasteiger partial charge >= 0.3 is 0 Å². The number of piperazine rings is 1. The van der Waals surface area contributed by atoms with E-state index >= 15 is 0 Å². The van der Waals surface area contributed by atoms with Crippen LogP contribution in [-0.2, 0) is 4.79 Å². The first-order valence-electron chi connectivity index (χ1n) is 10.2. The van der Waals surface area contributed by atoms with Crippen molar-refractivity contribution in [1.29, 1.82) is 0 Å². The van der Waals surface area contributed by atoms with E-state index < -0.39 is 0 Å². The number of aryl methyl sites for hydroxylation is 1. The molecule has 0 aliphatic carbocycles. The van der Waals surface area contributed by atoms with E-state index in [1.54, 1.807) is 28.9 Å². The largest absolute Gasteiger partial charge is 0.486 e. The molecule has 0 N–H and O–H groups in total. The molecule has 2 aromatic rings. The molecule has 7 heteroatoms. The minimum absolute atomic E-state index is 0.0140. The number of carbonyl (C=O) groups is 2. The normalized spacial score (nSPS) is 16.9. The van der Waals surface area contributed by atoms with Crippen molar-refractivity contribution in [2.75, 3.05) is 39.4 Å². The fourth-order valence-corrected chi connectivity index (χ4v) is 3.78. The molecule has 2 aliphatic rings. The molecule has 0 radical (unpaired) electrons. The average molecular weight is 412 g/mol. The van der Waals surface area contributed by atoms with Crippen LogP contribution in [0.1, 0.15) is 34.3 Å². The van der Waals surface area contributed by atoms with E-state index in [4.69, 9.17) is 9.47 Å².